The maximum Gasteiger partial charge on any atom is 0.318 e. The third kappa shape index (κ3) is 4.79. The van der Waals surface area contributed by atoms with E-state index in [0.29, 0.717) is 17.9 Å². The van der Waals surface area contributed by atoms with Gasteiger partial charge in [0.05, 0.1) is 19.2 Å². The number of hydrogen-bond donors (Lipinski definition) is 2. The number of benzene rings is 1. The molecule has 162 valence electrons. The normalized spacial score (nSPS) is 18.3. The van der Waals surface area contributed by atoms with Gasteiger partial charge in [-0.3, -0.25) is 4.79 Å². The van der Waals surface area contributed by atoms with E-state index < -0.39 is 0 Å². The number of nitrogens with one attached hydrogen (secondary N) is 2. The molecule has 0 radical (unpaired) electrons. The van der Waals surface area contributed by atoms with Crippen LogP contribution in [-0.4, -0.2) is 35.1 Å². The van der Waals surface area contributed by atoms with Crippen LogP contribution in [-0.2, 0) is 6.54 Å². The van der Waals surface area contributed by atoms with Gasteiger partial charge in [0.2, 0.25) is 0 Å². The summed E-state index contributed by atoms with van der Waals surface area (Å²) in [5, 5.41) is 4.21. The molecule has 0 bridgehead atoms. The van der Waals surface area contributed by atoms with Crippen LogP contribution in [0.2, 0.25) is 0 Å². The number of aromatic amines is 1. The molecule has 0 aliphatic heterocycles. The van der Waals surface area contributed by atoms with Crippen LogP contribution >= 0.6 is 0 Å². The summed E-state index contributed by atoms with van der Waals surface area (Å²) < 4.78 is 5.26. The second-order valence-electron chi connectivity index (χ2n) is 8.78. The lowest BCUT2D eigenvalue weighted by Crippen LogP contribution is -2.50. The standard InChI is InChI=1S/C24H33N3O3/c1-30-21-13-12-17-14-18(23(28)26-22(17)15-21)16-27(20-10-6-3-7-11-20)24(29)25-19-8-4-2-5-9-19/h12-15,19-20H,2-11,16H2,1H3,(H,25,29)(H,26,28). The average molecular weight is 412 g/mol. The van der Waals surface area contributed by atoms with E-state index in [0.717, 1.165) is 49.4 Å². The summed E-state index contributed by atoms with van der Waals surface area (Å²) in [5.74, 6) is 0.710. The third-order valence-electron chi connectivity index (χ3n) is 6.68. The Bertz CT molecular complexity index is 927. The molecule has 2 saturated carbocycles. The Labute approximate surface area is 178 Å². The van der Waals surface area contributed by atoms with Crippen LogP contribution in [0, 0.1) is 0 Å². The van der Waals surface area contributed by atoms with Gasteiger partial charge in [0.25, 0.3) is 5.56 Å². The first-order chi connectivity index (χ1) is 14.6. The molecule has 1 aromatic heterocycles. The van der Waals surface area contributed by atoms with Gasteiger partial charge in [-0.1, -0.05) is 38.5 Å². The largest absolute Gasteiger partial charge is 0.497 e. The van der Waals surface area contributed by atoms with Crippen LogP contribution in [0.5, 0.6) is 5.75 Å². The number of nitrogens with zero attached hydrogens (tertiary/aromatic N) is 1. The van der Waals surface area contributed by atoms with Crippen molar-refractivity contribution in [1.29, 1.82) is 0 Å². The predicted octanol–water partition coefficient (Wildman–Crippen LogP) is 4.71. The molecule has 2 aliphatic rings. The number of ether oxygens (including phenoxy) is 1. The number of amides is 2. The minimum Gasteiger partial charge on any atom is -0.497 e. The summed E-state index contributed by atoms with van der Waals surface area (Å²) in [5.41, 5.74) is 1.25. The fourth-order valence-electron chi connectivity index (χ4n) is 4.92. The van der Waals surface area contributed by atoms with Crippen molar-refractivity contribution in [3.8, 4) is 5.75 Å². The Kier molecular flexibility index (Phi) is 6.60. The molecule has 2 fully saturated rings. The lowest BCUT2D eigenvalue weighted by atomic mass is 9.93. The molecule has 0 unspecified atom stereocenters. The number of hydrogen-bond acceptors (Lipinski definition) is 3. The molecule has 1 heterocycles. The van der Waals surface area contributed by atoms with E-state index in [1.54, 1.807) is 7.11 Å². The van der Waals surface area contributed by atoms with Gasteiger partial charge >= 0.3 is 6.03 Å². The van der Waals surface area contributed by atoms with Crippen LogP contribution < -0.4 is 15.6 Å². The zero-order valence-electron chi connectivity index (χ0n) is 17.9. The van der Waals surface area contributed by atoms with Crippen molar-refractivity contribution < 1.29 is 9.53 Å². The van der Waals surface area contributed by atoms with E-state index >= 15 is 0 Å². The fourth-order valence-corrected chi connectivity index (χ4v) is 4.92. The molecule has 2 amide bonds. The second kappa shape index (κ2) is 9.54. The molecule has 30 heavy (non-hydrogen) atoms. The van der Waals surface area contributed by atoms with Gasteiger partial charge in [0, 0.05) is 23.7 Å². The van der Waals surface area contributed by atoms with Gasteiger partial charge in [-0.15, -0.1) is 0 Å². The van der Waals surface area contributed by atoms with Gasteiger partial charge in [0.1, 0.15) is 5.75 Å². The van der Waals surface area contributed by atoms with Gasteiger partial charge in [0.15, 0.2) is 0 Å². The first-order valence-corrected chi connectivity index (χ1v) is 11.4. The van der Waals surface area contributed by atoms with E-state index in [2.05, 4.69) is 10.3 Å². The maximum atomic E-state index is 13.3. The van der Waals surface area contributed by atoms with Crippen molar-refractivity contribution in [2.75, 3.05) is 7.11 Å². The molecule has 2 aromatic rings. The van der Waals surface area contributed by atoms with Crippen molar-refractivity contribution in [3.05, 3.63) is 40.2 Å². The lowest BCUT2D eigenvalue weighted by Gasteiger charge is -2.36. The van der Waals surface area contributed by atoms with E-state index in [1.165, 1.54) is 25.7 Å². The predicted molar refractivity (Wildman–Crippen MR) is 119 cm³/mol. The van der Waals surface area contributed by atoms with Crippen LogP contribution in [0.15, 0.2) is 29.1 Å². The number of carbonyl (C=O) groups is 1. The molecule has 0 atom stereocenters. The number of fused-ring (bicyclic) bond motifs is 1. The number of rotatable bonds is 5. The SMILES string of the molecule is COc1ccc2cc(CN(C(=O)NC3CCCCC3)C3CCCCC3)c(=O)[nH]c2c1. The quantitative estimate of drug-likeness (QED) is 0.748. The van der Waals surface area contributed by atoms with Gasteiger partial charge < -0.3 is 19.9 Å². The monoisotopic (exact) mass is 411 g/mol. The lowest BCUT2D eigenvalue weighted by molar-refractivity contribution is 0.145. The number of methoxy groups -OCH3 is 1. The zero-order chi connectivity index (χ0) is 20.9. The van der Waals surface area contributed by atoms with E-state index in [1.807, 2.05) is 29.2 Å². The first-order valence-electron chi connectivity index (χ1n) is 11.4. The minimum atomic E-state index is -0.137. The number of H-pyrrole nitrogens is 1. The first kappa shape index (κ1) is 20.8. The van der Waals surface area contributed by atoms with Crippen molar-refractivity contribution in [2.24, 2.45) is 0 Å². The van der Waals surface area contributed by atoms with Gasteiger partial charge in [-0.25, -0.2) is 4.79 Å². The molecule has 1 aromatic carbocycles. The van der Waals surface area contributed by atoms with Crippen LogP contribution in [0.3, 0.4) is 0 Å². The molecule has 4 rings (SSSR count). The highest BCUT2D eigenvalue weighted by Crippen LogP contribution is 2.26. The minimum absolute atomic E-state index is 0.0111. The number of urea groups is 1. The zero-order valence-corrected chi connectivity index (χ0v) is 17.9. The van der Waals surface area contributed by atoms with Crippen molar-refractivity contribution >= 4 is 16.9 Å². The van der Waals surface area contributed by atoms with Gasteiger partial charge in [-0.05, 0) is 49.3 Å². The second-order valence-corrected chi connectivity index (χ2v) is 8.78. The van der Waals surface area contributed by atoms with Crippen molar-refractivity contribution in [3.63, 3.8) is 0 Å². The Morgan fingerprint density at radius 2 is 1.77 bits per heavy atom. The summed E-state index contributed by atoms with van der Waals surface area (Å²) in [6, 6.07) is 8.03. The summed E-state index contributed by atoms with van der Waals surface area (Å²) in [7, 11) is 1.61. The smallest absolute Gasteiger partial charge is 0.318 e. The molecular weight excluding hydrogens is 378 g/mol. The molecule has 0 saturated heterocycles. The summed E-state index contributed by atoms with van der Waals surface area (Å²) in [6.07, 6.45) is 11.3. The molecule has 2 aliphatic carbocycles. The fraction of sp³-hybridized carbons (Fsp3) is 0.583. The molecular formula is C24H33N3O3. The van der Waals surface area contributed by atoms with E-state index in [9.17, 15) is 9.59 Å². The highest BCUT2D eigenvalue weighted by molar-refractivity contribution is 5.80. The third-order valence-corrected chi connectivity index (χ3v) is 6.68. The highest BCUT2D eigenvalue weighted by Gasteiger charge is 2.28. The highest BCUT2D eigenvalue weighted by atomic mass is 16.5. The Morgan fingerprint density at radius 3 is 2.47 bits per heavy atom. The average Bonchev–Trinajstić information content (AvgIpc) is 2.78. The summed E-state index contributed by atoms with van der Waals surface area (Å²) in [6.45, 7) is 0.348. The van der Waals surface area contributed by atoms with Crippen molar-refractivity contribution in [2.45, 2.75) is 82.8 Å². The van der Waals surface area contributed by atoms with Crippen molar-refractivity contribution in [1.82, 2.24) is 15.2 Å². The molecule has 0 spiro atoms. The van der Waals surface area contributed by atoms with Crippen LogP contribution in [0.1, 0.15) is 69.8 Å². The Balaban J connectivity index is 1.58. The number of carbonyl (C=O) groups excluding carboxylic acids is 1. The number of pyridine rings is 1. The molecule has 2 N–H and O–H groups in total. The maximum absolute atomic E-state index is 13.3. The van der Waals surface area contributed by atoms with Gasteiger partial charge in [-0.2, -0.15) is 0 Å². The van der Waals surface area contributed by atoms with Crippen LogP contribution in [0.4, 0.5) is 4.79 Å². The van der Waals surface area contributed by atoms with E-state index in [4.69, 9.17) is 4.74 Å². The Morgan fingerprint density at radius 1 is 1.07 bits per heavy atom. The summed E-state index contributed by atoms with van der Waals surface area (Å²) in [4.78, 5) is 31.0. The molecule has 6 nitrogen and oxygen atoms in total. The Hall–Kier alpha value is -2.50. The van der Waals surface area contributed by atoms with Crippen LogP contribution in [0.25, 0.3) is 10.9 Å². The molecule has 6 heteroatoms. The topological polar surface area (TPSA) is 74.4 Å². The summed E-state index contributed by atoms with van der Waals surface area (Å²) >= 11 is 0. The number of aromatic nitrogens is 1. The van der Waals surface area contributed by atoms with E-state index in [-0.39, 0.29) is 23.7 Å².